The Bertz CT molecular complexity index is 402. The highest BCUT2D eigenvalue weighted by atomic mass is 35.5. The van der Waals surface area contributed by atoms with Crippen LogP contribution in [0.3, 0.4) is 0 Å². The van der Waals surface area contributed by atoms with Crippen LogP contribution in [-0.4, -0.2) is 23.2 Å². The number of benzene rings is 1. The summed E-state index contributed by atoms with van der Waals surface area (Å²) >= 11 is 11.7. The van der Waals surface area contributed by atoms with Crippen molar-refractivity contribution in [3.63, 3.8) is 0 Å². The van der Waals surface area contributed by atoms with E-state index in [1.165, 1.54) is 12.1 Å². The van der Waals surface area contributed by atoms with E-state index in [1.807, 2.05) is 0 Å². The summed E-state index contributed by atoms with van der Waals surface area (Å²) in [6.07, 6.45) is 2.30. The van der Waals surface area contributed by atoms with E-state index in [0.717, 1.165) is 12.8 Å². The summed E-state index contributed by atoms with van der Waals surface area (Å²) in [6, 6.07) is 2.41. The Kier molecular flexibility index (Phi) is 6.18. The van der Waals surface area contributed by atoms with Crippen LogP contribution in [0.2, 0.25) is 10.0 Å². The first-order valence-corrected chi connectivity index (χ1v) is 6.19. The molecule has 0 amide bonds. The highest BCUT2D eigenvalue weighted by molar-refractivity contribution is 6.37. The standard InChI is InChI=1S/C11H13Cl2NO4/c12-9-6-8(14(16)17)7-10(13)11(9)18-5-3-1-2-4-15/h6-7,15H,1-5H2. The van der Waals surface area contributed by atoms with Gasteiger partial charge in [0.05, 0.1) is 21.6 Å². The predicted octanol–water partition coefficient (Wildman–Crippen LogP) is 3.44. The number of non-ortho nitro benzene ring substituents is 1. The van der Waals surface area contributed by atoms with Gasteiger partial charge in [0.25, 0.3) is 5.69 Å². The first-order valence-electron chi connectivity index (χ1n) is 5.43. The molecule has 0 spiro atoms. The van der Waals surface area contributed by atoms with Crippen LogP contribution in [0.25, 0.3) is 0 Å². The number of nitro groups is 1. The van der Waals surface area contributed by atoms with Crippen molar-refractivity contribution in [3.05, 3.63) is 32.3 Å². The number of nitro benzene ring substituents is 1. The van der Waals surface area contributed by atoms with Gasteiger partial charge in [0, 0.05) is 18.7 Å². The van der Waals surface area contributed by atoms with Crippen molar-refractivity contribution >= 4 is 28.9 Å². The Morgan fingerprint density at radius 2 is 1.83 bits per heavy atom. The monoisotopic (exact) mass is 293 g/mol. The van der Waals surface area contributed by atoms with Crippen molar-refractivity contribution < 1.29 is 14.8 Å². The van der Waals surface area contributed by atoms with E-state index in [1.54, 1.807) is 0 Å². The summed E-state index contributed by atoms with van der Waals surface area (Å²) in [4.78, 5) is 10.0. The van der Waals surface area contributed by atoms with Gasteiger partial charge in [0.1, 0.15) is 0 Å². The van der Waals surface area contributed by atoms with E-state index in [-0.39, 0.29) is 28.1 Å². The SMILES string of the molecule is O=[N+]([O-])c1cc(Cl)c(OCCCCCO)c(Cl)c1. The molecule has 0 unspecified atom stereocenters. The number of halogens is 2. The molecule has 5 nitrogen and oxygen atoms in total. The van der Waals surface area contributed by atoms with Crippen LogP contribution in [0, 0.1) is 10.1 Å². The first kappa shape index (κ1) is 15.0. The molecule has 0 aliphatic carbocycles. The molecule has 1 aromatic carbocycles. The number of unbranched alkanes of at least 4 members (excludes halogenated alkanes) is 2. The number of aliphatic hydroxyl groups is 1. The smallest absolute Gasteiger partial charge is 0.272 e. The number of hydrogen-bond acceptors (Lipinski definition) is 4. The molecule has 1 N–H and O–H groups in total. The van der Waals surface area contributed by atoms with E-state index >= 15 is 0 Å². The highest BCUT2D eigenvalue weighted by Crippen LogP contribution is 2.36. The zero-order valence-electron chi connectivity index (χ0n) is 9.57. The van der Waals surface area contributed by atoms with Gasteiger partial charge in [0.15, 0.2) is 5.75 Å². The van der Waals surface area contributed by atoms with Crippen LogP contribution in [0.5, 0.6) is 5.75 Å². The summed E-state index contributed by atoms with van der Waals surface area (Å²) in [5.74, 6) is 0.257. The van der Waals surface area contributed by atoms with Crippen molar-refractivity contribution in [1.29, 1.82) is 0 Å². The second-order valence-electron chi connectivity index (χ2n) is 3.63. The molecule has 7 heteroatoms. The lowest BCUT2D eigenvalue weighted by atomic mass is 10.2. The zero-order valence-corrected chi connectivity index (χ0v) is 11.1. The fraction of sp³-hybridized carbons (Fsp3) is 0.455. The summed E-state index contributed by atoms with van der Waals surface area (Å²) in [5, 5.41) is 19.4. The average molecular weight is 294 g/mol. The maximum atomic E-state index is 10.6. The third kappa shape index (κ3) is 4.33. The van der Waals surface area contributed by atoms with Crippen LogP contribution in [0.1, 0.15) is 19.3 Å². The number of rotatable bonds is 7. The topological polar surface area (TPSA) is 72.6 Å². The van der Waals surface area contributed by atoms with Crippen LogP contribution >= 0.6 is 23.2 Å². The lowest BCUT2D eigenvalue weighted by Crippen LogP contribution is -2.00. The first-order chi connectivity index (χ1) is 8.56. The minimum atomic E-state index is -0.567. The Hall–Kier alpha value is -1.04. The van der Waals surface area contributed by atoms with Gasteiger partial charge >= 0.3 is 0 Å². The number of aliphatic hydroxyl groups excluding tert-OH is 1. The third-order valence-corrected chi connectivity index (χ3v) is 2.80. The van der Waals surface area contributed by atoms with Gasteiger partial charge < -0.3 is 9.84 Å². The molecule has 0 aliphatic rings. The summed E-state index contributed by atoms with van der Waals surface area (Å²) in [6.45, 7) is 0.552. The maximum absolute atomic E-state index is 10.6. The molecule has 0 radical (unpaired) electrons. The molecule has 0 heterocycles. The fourth-order valence-corrected chi connectivity index (χ4v) is 1.94. The molecule has 0 fully saturated rings. The fourth-order valence-electron chi connectivity index (χ4n) is 1.35. The molecule has 100 valence electrons. The molecule has 1 aromatic rings. The Morgan fingerprint density at radius 1 is 1.22 bits per heavy atom. The van der Waals surface area contributed by atoms with Crippen molar-refractivity contribution in [3.8, 4) is 5.75 Å². The minimum Gasteiger partial charge on any atom is -0.490 e. The molecule has 0 atom stereocenters. The normalized spacial score (nSPS) is 10.4. The summed E-state index contributed by atoms with van der Waals surface area (Å²) in [5.41, 5.74) is -0.169. The number of hydrogen-bond donors (Lipinski definition) is 1. The van der Waals surface area contributed by atoms with Crippen LogP contribution in [0.4, 0.5) is 5.69 Å². The van der Waals surface area contributed by atoms with Crippen LogP contribution < -0.4 is 4.74 Å². The molecule has 0 aromatic heterocycles. The molecule has 0 aliphatic heterocycles. The predicted molar refractivity (Wildman–Crippen MR) is 69.5 cm³/mol. The molecule has 0 saturated heterocycles. The van der Waals surface area contributed by atoms with Gasteiger partial charge in [-0.05, 0) is 19.3 Å². The minimum absolute atomic E-state index is 0.122. The Balaban J connectivity index is 2.63. The largest absolute Gasteiger partial charge is 0.490 e. The molecule has 0 saturated carbocycles. The van der Waals surface area contributed by atoms with Crippen molar-refractivity contribution in [2.45, 2.75) is 19.3 Å². The van der Waals surface area contributed by atoms with Gasteiger partial charge in [-0.3, -0.25) is 10.1 Å². The van der Waals surface area contributed by atoms with Crippen molar-refractivity contribution in [1.82, 2.24) is 0 Å². The molecule has 1 rings (SSSR count). The van der Waals surface area contributed by atoms with Crippen LogP contribution in [0.15, 0.2) is 12.1 Å². The number of ether oxygens (including phenoxy) is 1. The zero-order chi connectivity index (χ0) is 13.5. The van der Waals surface area contributed by atoms with E-state index in [0.29, 0.717) is 13.0 Å². The van der Waals surface area contributed by atoms with Gasteiger partial charge in [-0.15, -0.1) is 0 Å². The van der Waals surface area contributed by atoms with Crippen LogP contribution in [-0.2, 0) is 0 Å². The third-order valence-electron chi connectivity index (χ3n) is 2.24. The molecular weight excluding hydrogens is 281 g/mol. The average Bonchev–Trinajstić information content (AvgIpc) is 2.31. The van der Waals surface area contributed by atoms with E-state index in [4.69, 9.17) is 33.0 Å². The Labute approximate surface area is 114 Å². The Morgan fingerprint density at radius 3 is 2.33 bits per heavy atom. The van der Waals surface area contributed by atoms with Gasteiger partial charge in [-0.25, -0.2) is 0 Å². The highest BCUT2D eigenvalue weighted by Gasteiger charge is 2.15. The second-order valence-corrected chi connectivity index (χ2v) is 4.44. The molecular formula is C11H13Cl2NO4. The van der Waals surface area contributed by atoms with E-state index in [9.17, 15) is 10.1 Å². The maximum Gasteiger partial charge on any atom is 0.272 e. The summed E-state index contributed by atoms with van der Waals surface area (Å²) in [7, 11) is 0. The van der Waals surface area contributed by atoms with E-state index < -0.39 is 4.92 Å². The number of nitrogens with zero attached hydrogens (tertiary/aromatic N) is 1. The quantitative estimate of drug-likeness (QED) is 0.475. The molecule has 18 heavy (non-hydrogen) atoms. The lowest BCUT2D eigenvalue weighted by molar-refractivity contribution is -0.384. The van der Waals surface area contributed by atoms with Crippen molar-refractivity contribution in [2.75, 3.05) is 13.2 Å². The van der Waals surface area contributed by atoms with Gasteiger partial charge in [0.2, 0.25) is 0 Å². The molecule has 0 bridgehead atoms. The van der Waals surface area contributed by atoms with Crippen molar-refractivity contribution in [2.24, 2.45) is 0 Å². The van der Waals surface area contributed by atoms with Gasteiger partial charge in [-0.1, -0.05) is 23.2 Å². The second kappa shape index (κ2) is 7.41. The van der Waals surface area contributed by atoms with Gasteiger partial charge in [-0.2, -0.15) is 0 Å². The van der Waals surface area contributed by atoms with E-state index in [2.05, 4.69) is 0 Å². The summed E-state index contributed by atoms with van der Waals surface area (Å²) < 4.78 is 5.38. The lowest BCUT2D eigenvalue weighted by Gasteiger charge is -2.09.